The van der Waals surface area contributed by atoms with Gasteiger partial charge in [0.15, 0.2) is 12.2 Å². The summed E-state index contributed by atoms with van der Waals surface area (Å²) >= 11 is 0. The lowest BCUT2D eigenvalue weighted by atomic mass is 9.96. The number of benzene rings is 2. The van der Waals surface area contributed by atoms with Crippen LogP contribution >= 0.6 is 0 Å². The molecule has 5 nitrogen and oxygen atoms in total. The number of oxazole rings is 1. The molecule has 0 aliphatic rings. The van der Waals surface area contributed by atoms with Gasteiger partial charge in [-0.15, -0.1) is 0 Å². The molecular weight excluding hydrogens is 294 g/mol. The largest absolute Gasteiger partial charge is 0.508 e. The van der Waals surface area contributed by atoms with Crippen molar-refractivity contribution in [3.8, 4) is 39.8 Å². The monoisotopic (exact) mass is 311 g/mol. The summed E-state index contributed by atoms with van der Waals surface area (Å²) in [4.78, 5) is 4.18. The number of hydrogen-bond acceptors (Lipinski definition) is 5. The fourth-order valence-electron chi connectivity index (χ4n) is 2.54. The molecule has 0 aliphatic carbocycles. The number of phenolic OH excluding ortho intramolecular Hbond substituents is 3. The summed E-state index contributed by atoms with van der Waals surface area (Å²) in [5, 5.41) is 30.2. The maximum absolute atomic E-state index is 10.2. The zero-order chi connectivity index (χ0) is 16.6. The zero-order valence-corrected chi connectivity index (χ0v) is 12.8. The Labute approximate surface area is 133 Å². The summed E-state index contributed by atoms with van der Waals surface area (Å²) in [7, 11) is 0. The normalized spacial score (nSPS) is 11.1. The van der Waals surface area contributed by atoms with Gasteiger partial charge in [-0.2, -0.15) is 0 Å². The summed E-state index contributed by atoms with van der Waals surface area (Å²) in [6, 6.07) is 9.74. The minimum atomic E-state index is -0.0996. The summed E-state index contributed by atoms with van der Waals surface area (Å²) in [5.74, 6) is 0.438. The molecule has 0 fully saturated rings. The second-order valence-corrected chi connectivity index (χ2v) is 5.63. The molecule has 1 aromatic heterocycles. The van der Waals surface area contributed by atoms with E-state index < -0.39 is 0 Å². The van der Waals surface area contributed by atoms with Crippen molar-refractivity contribution in [2.45, 2.75) is 19.8 Å². The molecule has 0 radical (unpaired) electrons. The molecule has 0 unspecified atom stereocenters. The van der Waals surface area contributed by atoms with Crippen LogP contribution in [-0.4, -0.2) is 20.3 Å². The summed E-state index contributed by atoms with van der Waals surface area (Å²) < 4.78 is 5.43. The third-order valence-corrected chi connectivity index (χ3v) is 3.74. The number of rotatable bonds is 3. The maximum Gasteiger partial charge on any atom is 0.182 e. The van der Waals surface area contributed by atoms with Gasteiger partial charge in [0, 0.05) is 11.6 Å². The number of nitrogens with zero attached hydrogens (tertiary/aromatic N) is 1. The van der Waals surface area contributed by atoms with Gasteiger partial charge in [-0.05, 0) is 29.7 Å². The summed E-state index contributed by atoms with van der Waals surface area (Å²) in [5.41, 5.74) is 2.03. The fraction of sp³-hybridized carbons (Fsp3) is 0.167. The lowest BCUT2D eigenvalue weighted by Gasteiger charge is -2.12. The topological polar surface area (TPSA) is 86.7 Å². The van der Waals surface area contributed by atoms with E-state index in [-0.39, 0.29) is 23.2 Å². The van der Waals surface area contributed by atoms with Gasteiger partial charge in [-0.3, -0.25) is 0 Å². The molecule has 0 saturated heterocycles. The van der Waals surface area contributed by atoms with Crippen LogP contribution in [0.3, 0.4) is 0 Å². The number of aromatic nitrogens is 1. The first-order chi connectivity index (χ1) is 11.0. The van der Waals surface area contributed by atoms with Crippen molar-refractivity contribution in [3.63, 3.8) is 0 Å². The van der Waals surface area contributed by atoms with E-state index in [2.05, 4.69) is 4.98 Å². The summed E-state index contributed by atoms with van der Waals surface area (Å²) in [6.45, 7) is 3.89. The molecule has 3 aromatic rings. The number of phenols is 3. The lowest BCUT2D eigenvalue weighted by molar-refractivity contribution is 0.445. The van der Waals surface area contributed by atoms with Crippen LogP contribution in [0, 0.1) is 0 Å². The standard InChI is InChI=1S/C18H17NO4/c1-10(2)12-7-13(16(22)8-15(12)21)17-18(23-9-19-17)11-5-3-4-6-14(11)20/h3-10,20-22H,1-2H3. The lowest BCUT2D eigenvalue weighted by Crippen LogP contribution is -1.91. The number of hydrogen-bond donors (Lipinski definition) is 3. The van der Waals surface area contributed by atoms with Crippen LogP contribution in [-0.2, 0) is 0 Å². The molecular formula is C18H17NO4. The second kappa shape index (κ2) is 5.68. The first kappa shape index (κ1) is 15.0. The molecule has 0 atom stereocenters. The van der Waals surface area contributed by atoms with E-state index in [0.29, 0.717) is 28.1 Å². The predicted molar refractivity (Wildman–Crippen MR) is 86.5 cm³/mol. The van der Waals surface area contributed by atoms with Crippen LogP contribution in [0.1, 0.15) is 25.3 Å². The van der Waals surface area contributed by atoms with E-state index in [1.165, 1.54) is 12.5 Å². The molecule has 0 spiro atoms. The molecule has 3 rings (SSSR count). The van der Waals surface area contributed by atoms with Gasteiger partial charge in [0.1, 0.15) is 22.9 Å². The first-order valence-corrected chi connectivity index (χ1v) is 7.27. The number of para-hydroxylation sites is 1. The van der Waals surface area contributed by atoms with Crippen LogP contribution in [0.4, 0.5) is 0 Å². The Kier molecular flexibility index (Phi) is 3.70. The fourth-order valence-corrected chi connectivity index (χ4v) is 2.54. The van der Waals surface area contributed by atoms with Gasteiger partial charge in [-0.1, -0.05) is 26.0 Å². The Morgan fingerprint density at radius 3 is 2.35 bits per heavy atom. The Morgan fingerprint density at radius 2 is 1.65 bits per heavy atom. The average Bonchev–Trinajstić information content (AvgIpc) is 2.96. The Balaban J connectivity index is 2.20. The molecule has 118 valence electrons. The van der Waals surface area contributed by atoms with Gasteiger partial charge in [0.25, 0.3) is 0 Å². The van der Waals surface area contributed by atoms with Crippen LogP contribution < -0.4 is 0 Å². The smallest absolute Gasteiger partial charge is 0.182 e. The molecule has 0 amide bonds. The third kappa shape index (κ3) is 2.61. The minimum Gasteiger partial charge on any atom is -0.508 e. The molecule has 2 aromatic carbocycles. The molecule has 0 bridgehead atoms. The molecule has 0 aliphatic heterocycles. The second-order valence-electron chi connectivity index (χ2n) is 5.63. The molecule has 3 N–H and O–H groups in total. The van der Waals surface area contributed by atoms with Crippen molar-refractivity contribution in [2.24, 2.45) is 0 Å². The van der Waals surface area contributed by atoms with Crippen molar-refractivity contribution >= 4 is 0 Å². The molecule has 0 saturated carbocycles. The molecule has 5 heteroatoms. The van der Waals surface area contributed by atoms with E-state index in [4.69, 9.17) is 4.42 Å². The van der Waals surface area contributed by atoms with Crippen molar-refractivity contribution in [3.05, 3.63) is 48.4 Å². The first-order valence-electron chi connectivity index (χ1n) is 7.27. The Bertz CT molecular complexity index is 852. The van der Waals surface area contributed by atoms with Gasteiger partial charge in [-0.25, -0.2) is 4.98 Å². The molecule has 23 heavy (non-hydrogen) atoms. The van der Waals surface area contributed by atoms with Crippen LogP contribution in [0.25, 0.3) is 22.6 Å². The van der Waals surface area contributed by atoms with Crippen LogP contribution in [0.5, 0.6) is 17.2 Å². The van der Waals surface area contributed by atoms with Crippen molar-refractivity contribution in [1.82, 2.24) is 4.98 Å². The van der Waals surface area contributed by atoms with Gasteiger partial charge >= 0.3 is 0 Å². The Hall–Kier alpha value is -2.95. The highest BCUT2D eigenvalue weighted by Gasteiger charge is 2.20. The van der Waals surface area contributed by atoms with Crippen molar-refractivity contribution in [1.29, 1.82) is 0 Å². The van der Waals surface area contributed by atoms with Gasteiger partial charge in [0.2, 0.25) is 0 Å². The highest BCUT2D eigenvalue weighted by atomic mass is 16.3. The highest BCUT2D eigenvalue weighted by Crippen LogP contribution is 2.42. The quantitative estimate of drug-likeness (QED) is 0.673. The molecule has 1 heterocycles. The summed E-state index contributed by atoms with van der Waals surface area (Å²) in [6.07, 6.45) is 1.26. The van der Waals surface area contributed by atoms with E-state index in [1.54, 1.807) is 30.3 Å². The SMILES string of the molecule is CC(C)c1cc(-c2ncoc2-c2ccccc2O)c(O)cc1O. The number of aromatic hydroxyl groups is 3. The Morgan fingerprint density at radius 1 is 0.913 bits per heavy atom. The van der Waals surface area contributed by atoms with Crippen molar-refractivity contribution in [2.75, 3.05) is 0 Å². The van der Waals surface area contributed by atoms with Crippen molar-refractivity contribution < 1.29 is 19.7 Å². The van der Waals surface area contributed by atoms with E-state index in [9.17, 15) is 15.3 Å². The highest BCUT2D eigenvalue weighted by molar-refractivity contribution is 5.83. The van der Waals surface area contributed by atoms with E-state index >= 15 is 0 Å². The van der Waals surface area contributed by atoms with Crippen LogP contribution in [0.15, 0.2) is 47.2 Å². The predicted octanol–water partition coefficient (Wildman–Crippen LogP) is 4.25. The van der Waals surface area contributed by atoms with Gasteiger partial charge < -0.3 is 19.7 Å². The zero-order valence-electron chi connectivity index (χ0n) is 12.8. The maximum atomic E-state index is 10.2. The third-order valence-electron chi connectivity index (χ3n) is 3.74. The van der Waals surface area contributed by atoms with E-state index in [0.717, 1.165) is 0 Å². The van der Waals surface area contributed by atoms with Gasteiger partial charge in [0.05, 0.1) is 5.56 Å². The minimum absolute atomic E-state index is 0.0360. The van der Waals surface area contributed by atoms with Crippen LogP contribution in [0.2, 0.25) is 0 Å². The average molecular weight is 311 g/mol. The van der Waals surface area contributed by atoms with E-state index in [1.807, 2.05) is 13.8 Å².